The first-order chi connectivity index (χ1) is 8.75. The molecular weight excluding hydrogens is 487 g/mol. The van der Waals surface area contributed by atoms with Crippen molar-refractivity contribution in [3.63, 3.8) is 0 Å². The first-order valence-corrected chi connectivity index (χ1v) is 5.73. The largest absolute Gasteiger partial charge is 2.00 e. The van der Waals surface area contributed by atoms with Crippen molar-refractivity contribution in [2.45, 2.75) is 25.2 Å². The minimum atomic E-state index is -1.57. The normalized spacial score (nSPS) is 18.5. The molecule has 0 aliphatic heterocycles. The monoisotopic (exact) mass is 501 g/mol. The molecule has 116 valence electrons. The Kier molecular flexibility index (Phi) is 11.9. The van der Waals surface area contributed by atoms with Gasteiger partial charge >= 0.3 is 21.1 Å². The predicted octanol–water partition coefficient (Wildman–Crippen LogP) is -2.85. The third-order valence-electron chi connectivity index (χ3n) is 1.73. The van der Waals surface area contributed by atoms with Crippen molar-refractivity contribution in [1.82, 2.24) is 0 Å². The van der Waals surface area contributed by atoms with Crippen LogP contribution in [0.5, 0.6) is 0 Å². The molecule has 0 aliphatic rings. The molecule has 20 heavy (non-hydrogen) atoms. The molecule has 12 heteroatoms. The second kappa shape index (κ2) is 11.0. The van der Waals surface area contributed by atoms with Crippen LogP contribution in [-0.4, -0.2) is 55.9 Å². The zero-order valence-electron chi connectivity index (χ0n) is 10.2. The topological polar surface area (TPSA) is 162 Å². The fourth-order valence-electron chi connectivity index (χ4n) is 0.852. The van der Waals surface area contributed by atoms with E-state index >= 15 is 0 Å². The van der Waals surface area contributed by atoms with Crippen LogP contribution in [0.3, 0.4) is 0 Å². The van der Waals surface area contributed by atoms with Crippen molar-refractivity contribution in [2.24, 2.45) is 31.9 Å². The van der Waals surface area contributed by atoms with Crippen molar-refractivity contribution in [1.29, 1.82) is 0 Å². The van der Waals surface area contributed by atoms with Gasteiger partial charge in [-0.2, -0.15) is 20.4 Å². The number of rotatable bonds is 6. The summed E-state index contributed by atoms with van der Waals surface area (Å²) in [5.41, 5.74) is 9.97. The Morgan fingerprint density at radius 2 is 1.55 bits per heavy atom. The van der Waals surface area contributed by atoms with E-state index in [4.69, 9.17) is 11.5 Å². The Balaban J connectivity index is 0. The van der Waals surface area contributed by atoms with E-state index < -0.39 is 18.3 Å². The number of aliphatic hydroxyl groups excluding tert-OH is 3. The molecule has 0 saturated heterocycles. The van der Waals surface area contributed by atoms with Crippen LogP contribution in [0.4, 0.5) is 0 Å². The van der Waals surface area contributed by atoms with Gasteiger partial charge in [0.05, 0.1) is 12.3 Å². The van der Waals surface area contributed by atoms with E-state index in [-0.39, 0.29) is 37.1 Å². The van der Waals surface area contributed by atoms with E-state index in [1.807, 2.05) is 0 Å². The number of amidine groups is 2. The van der Waals surface area contributed by atoms with Gasteiger partial charge in [-0.1, -0.05) is 0 Å². The van der Waals surface area contributed by atoms with Crippen LogP contribution in [0.1, 0.15) is 6.92 Å². The average molecular weight is 501 g/mol. The molecular formula is C8H14N6O3PtS2. The van der Waals surface area contributed by atoms with Crippen LogP contribution in [0.15, 0.2) is 20.4 Å². The van der Waals surface area contributed by atoms with E-state index in [0.717, 1.165) is 6.21 Å². The van der Waals surface area contributed by atoms with Crippen LogP contribution in [0.2, 0.25) is 0 Å². The fourth-order valence-corrected chi connectivity index (χ4v) is 0.940. The van der Waals surface area contributed by atoms with Crippen molar-refractivity contribution >= 4 is 47.5 Å². The maximum Gasteiger partial charge on any atom is 2.00 e. The summed E-state index contributed by atoms with van der Waals surface area (Å²) in [6, 6.07) is 0. The number of nitrogens with zero attached hydrogens (tertiary/aromatic N) is 4. The molecule has 0 radical (unpaired) electrons. The summed E-state index contributed by atoms with van der Waals surface area (Å²) < 4.78 is 0. The Hall–Kier alpha value is -0.712. The molecule has 0 spiro atoms. The molecule has 0 rings (SSSR count). The van der Waals surface area contributed by atoms with Gasteiger partial charge in [-0.3, -0.25) is 0 Å². The standard InChI is InChI=1S/C8H16N6O3S2.Pt/c1-3(15)5(16)6(17)4(12-14-8(10)19)2-11-13-7(9)18;/h2-3,5-6,15-17H,1H3,(H3,9,13,18)(H3,10,14,19);/q;+2/p-2/b11-2-,12-4+;. The summed E-state index contributed by atoms with van der Waals surface area (Å²) in [5, 5.41) is 41.5. The molecule has 0 aromatic heterocycles. The Morgan fingerprint density at radius 3 is 1.95 bits per heavy atom. The number of aliphatic hydroxyl groups is 3. The molecule has 3 atom stereocenters. The fraction of sp³-hybridized carbons (Fsp3) is 0.500. The van der Waals surface area contributed by atoms with Crippen molar-refractivity contribution in [3.8, 4) is 0 Å². The van der Waals surface area contributed by atoms with E-state index in [0.29, 0.717) is 0 Å². The van der Waals surface area contributed by atoms with Gasteiger partial charge in [0.2, 0.25) is 0 Å². The zero-order chi connectivity index (χ0) is 15.0. The van der Waals surface area contributed by atoms with Crippen molar-refractivity contribution < 1.29 is 36.4 Å². The predicted molar refractivity (Wildman–Crippen MR) is 77.6 cm³/mol. The Bertz CT molecular complexity index is 407. The molecule has 9 nitrogen and oxygen atoms in total. The zero-order valence-corrected chi connectivity index (χ0v) is 14.1. The van der Waals surface area contributed by atoms with E-state index in [2.05, 4.69) is 45.7 Å². The maximum atomic E-state index is 9.74. The summed E-state index contributed by atoms with van der Waals surface area (Å²) in [6.07, 6.45) is -3.32. The number of nitrogens with two attached hydrogens (primary N) is 2. The molecule has 0 saturated carbocycles. The molecule has 0 fully saturated rings. The minimum absolute atomic E-state index is 0. The van der Waals surface area contributed by atoms with Gasteiger partial charge in [-0.25, -0.2) is 0 Å². The minimum Gasteiger partial charge on any atom is -0.741 e. The van der Waals surface area contributed by atoms with Crippen LogP contribution in [0, 0.1) is 0 Å². The van der Waals surface area contributed by atoms with Gasteiger partial charge in [0.15, 0.2) is 0 Å². The SMILES string of the molecule is CC(O)C(O)C(O)C(/C=N\N=C(/N)[S-])=N/N=C(\N)[S-].[Pt+2]. The first kappa shape index (κ1) is 21.6. The summed E-state index contributed by atoms with van der Waals surface area (Å²) in [6.45, 7) is 1.28. The third-order valence-corrected chi connectivity index (χ3v) is 1.89. The quantitative estimate of drug-likeness (QED) is 0.113. The van der Waals surface area contributed by atoms with Crippen LogP contribution in [-0.2, 0) is 46.3 Å². The van der Waals surface area contributed by atoms with Crippen LogP contribution >= 0.6 is 0 Å². The average Bonchev–Trinajstić information content (AvgIpc) is 2.30. The third kappa shape index (κ3) is 9.23. The second-order valence-corrected chi connectivity index (χ2v) is 4.16. The van der Waals surface area contributed by atoms with E-state index in [1.54, 1.807) is 0 Å². The summed E-state index contributed by atoms with van der Waals surface area (Å²) in [5.74, 6) is 0. The van der Waals surface area contributed by atoms with Crippen molar-refractivity contribution in [2.75, 3.05) is 0 Å². The van der Waals surface area contributed by atoms with Gasteiger partial charge < -0.3 is 52.0 Å². The molecule has 3 unspecified atom stereocenters. The maximum absolute atomic E-state index is 9.74. The molecule has 7 N–H and O–H groups in total. The summed E-state index contributed by atoms with van der Waals surface area (Å²) in [4.78, 5) is 0. The second-order valence-electron chi connectivity index (χ2n) is 3.32. The molecule has 0 amide bonds. The van der Waals surface area contributed by atoms with Crippen LogP contribution < -0.4 is 11.5 Å². The smallest absolute Gasteiger partial charge is 0.741 e. The van der Waals surface area contributed by atoms with Gasteiger partial charge in [0, 0.05) is 0 Å². The van der Waals surface area contributed by atoms with E-state index in [9.17, 15) is 15.3 Å². The van der Waals surface area contributed by atoms with Gasteiger partial charge in [0.25, 0.3) is 0 Å². The summed E-state index contributed by atoms with van der Waals surface area (Å²) in [7, 11) is 0. The molecule has 0 heterocycles. The van der Waals surface area contributed by atoms with Gasteiger partial charge in [-0.05, 0) is 17.3 Å². The first-order valence-electron chi connectivity index (χ1n) is 4.91. The molecule has 0 aliphatic carbocycles. The van der Waals surface area contributed by atoms with Crippen molar-refractivity contribution in [3.05, 3.63) is 0 Å². The molecule has 0 aromatic rings. The molecule has 0 bridgehead atoms. The molecule has 0 aromatic carbocycles. The Morgan fingerprint density at radius 1 is 1.05 bits per heavy atom. The number of hydrogen-bond donors (Lipinski definition) is 5. The number of hydrogen-bond acceptors (Lipinski definition) is 9. The van der Waals surface area contributed by atoms with Gasteiger partial charge in [-0.15, -0.1) is 0 Å². The van der Waals surface area contributed by atoms with Gasteiger partial charge in [0.1, 0.15) is 17.9 Å². The Labute approximate surface area is 141 Å². The van der Waals surface area contributed by atoms with Crippen LogP contribution in [0.25, 0.3) is 0 Å². The summed E-state index contributed by atoms with van der Waals surface area (Å²) >= 11 is 8.93. The van der Waals surface area contributed by atoms with E-state index in [1.165, 1.54) is 6.92 Å².